The van der Waals surface area contributed by atoms with Crippen molar-refractivity contribution in [1.29, 1.82) is 0 Å². The number of ether oxygens (including phenoxy) is 3. The maximum Gasteiger partial charge on any atom is 0.399 e. The maximum atomic E-state index is 5.15. The predicted octanol–water partition coefficient (Wildman–Crippen LogP) is 1.77. The Labute approximate surface area is 66.2 Å². The van der Waals surface area contributed by atoms with Gasteiger partial charge in [-0.2, -0.15) is 0 Å². The second-order valence-electron chi connectivity index (χ2n) is 2.19. The summed E-state index contributed by atoms with van der Waals surface area (Å²) in [5.41, 5.74) is 0. The summed E-state index contributed by atoms with van der Waals surface area (Å²) in [6.45, 7) is 8.83. The lowest BCUT2D eigenvalue weighted by atomic mass is 10.3. The van der Waals surface area contributed by atoms with Crippen LogP contribution >= 0.6 is 0 Å². The first kappa shape index (κ1) is 8.14. The molecule has 0 aliphatic carbocycles. The molecule has 0 N–H and O–H groups in total. The molecule has 1 unspecified atom stereocenters. The van der Waals surface area contributed by atoms with E-state index in [1.807, 2.05) is 6.92 Å². The van der Waals surface area contributed by atoms with E-state index in [0.717, 1.165) is 6.42 Å². The van der Waals surface area contributed by atoms with Crippen LogP contribution in [0.15, 0.2) is 25.7 Å². The van der Waals surface area contributed by atoms with E-state index >= 15 is 0 Å². The summed E-state index contributed by atoms with van der Waals surface area (Å²) >= 11 is 0. The first-order valence-electron chi connectivity index (χ1n) is 3.54. The maximum absolute atomic E-state index is 5.15. The monoisotopic (exact) mass is 156 g/mol. The van der Waals surface area contributed by atoms with Crippen molar-refractivity contribution in [2.24, 2.45) is 0 Å². The van der Waals surface area contributed by atoms with E-state index in [0.29, 0.717) is 0 Å². The fraction of sp³-hybridized carbons (Fsp3) is 0.500. The van der Waals surface area contributed by atoms with Crippen LogP contribution in [0.25, 0.3) is 0 Å². The first-order chi connectivity index (χ1) is 5.29. The van der Waals surface area contributed by atoms with Gasteiger partial charge in [0.05, 0.1) is 12.5 Å². The highest BCUT2D eigenvalue weighted by Gasteiger charge is 2.61. The molecule has 1 aliphatic rings. The van der Waals surface area contributed by atoms with Crippen LogP contribution in [0, 0.1) is 0 Å². The van der Waals surface area contributed by atoms with Crippen molar-refractivity contribution in [3.05, 3.63) is 25.7 Å². The largest absolute Gasteiger partial charge is 0.437 e. The summed E-state index contributed by atoms with van der Waals surface area (Å²) in [7, 11) is 0. The Bertz CT molecular complexity index is 155. The minimum atomic E-state index is -0.918. The van der Waals surface area contributed by atoms with E-state index < -0.39 is 5.97 Å². The van der Waals surface area contributed by atoms with E-state index in [-0.39, 0.29) is 6.10 Å². The van der Waals surface area contributed by atoms with Crippen molar-refractivity contribution in [3.63, 3.8) is 0 Å². The third-order valence-corrected chi connectivity index (χ3v) is 1.51. The highest BCUT2D eigenvalue weighted by molar-refractivity contribution is 4.88. The molecule has 0 amide bonds. The molecular formula is C8H12O3. The summed E-state index contributed by atoms with van der Waals surface area (Å²) < 4.78 is 15.2. The molecule has 1 atom stereocenters. The highest BCUT2D eigenvalue weighted by Crippen LogP contribution is 2.41. The lowest BCUT2D eigenvalue weighted by molar-refractivity contribution is -0.162. The van der Waals surface area contributed by atoms with Gasteiger partial charge in [0.2, 0.25) is 0 Å². The van der Waals surface area contributed by atoms with Crippen LogP contribution in [-0.2, 0) is 14.2 Å². The van der Waals surface area contributed by atoms with E-state index in [1.165, 1.54) is 12.5 Å². The van der Waals surface area contributed by atoms with Gasteiger partial charge in [-0.25, -0.2) is 0 Å². The molecule has 11 heavy (non-hydrogen) atoms. The molecule has 0 aromatic heterocycles. The van der Waals surface area contributed by atoms with Gasteiger partial charge < -0.3 is 9.47 Å². The van der Waals surface area contributed by atoms with Crippen molar-refractivity contribution in [2.45, 2.75) is 25.4 Å². The van der Waals surface area contributed by atoms with Crippen LogP contribution in [0.5, 0.6) is 0 Å². The van der Waals surface area contributed by atoms with E-state index in [1.54, 1.807) is 0 Å². The van der Waals surface area contributed by atoms with Crippen molar-refractivity contribution in [2.75, 3.05) is 0 Å². The van der Waals surface area contributed by atoms with E-state index in [2.05, 4.69) is 13.2 Å². The zero-order valence-corrected chi connectivity index (χ0v) is 6.58. The van der Waals surface area contributed by atoms with Gasteiger partial charge >= 0.3 is 5.97 Å². The second-order valence-corrected chi connectivity index (χ2v) is 2.19. The summed E-state index contributed by atoms with van der Waals surface area (Å²) in [6, 6.07) is 0. The summed E-state index contributed by atoms with van der Waals surface area (Å²) in [5.74, 6) is -0.918. The van der Waals surface area contributed by atoms with Gasteiger partial charge in [-0.05, 0) is 6.42 Å². The lowest BCUT2D eigenvalue weighted by Crippen LogP contribution is -2.18. The number of epoxide rings is 1. The van der Waals surface area contributed by atoms with Gasteiger partial charge in [0.1, 0.15) is 0 Å². The molecule has 1 fully saturated rings. The van der Waals surface area contributed by atoms with Gasteiger partial charge in [0, 0.05) is 0 Å². The summed E-state index contributed by atoms with van der Waals surface area (Å²) in [6.07, 6.45) is 3.46. The Morgan fingerprint density at radius 3 is 2.27 bits per heavy atom. The standard InChI is InChI=1S/C8H12O3/c1-4-7-8(11-7,9-5-2)10-6-3/h5-7H,2-4H2,1H3. The number of hydrogen-bond donors (Lipinski definition) is 0. The fourth-order valence-corrected chi connectivity index (χ4v) is 0.965. The Kier molecular flexibility index (Phi) is 2.19. The molecule has 0 saturated carbocycles. The Morgan fingerprint density at radius 1 is 1.45 bits per heavy atom. The highest BCUT2D eigenvalue weighted by atomic mass is 16.9. The molecule has 1 saturated heterocycles. The quantitative estimate of drug-likeness (QED) is 0.345. The van der Waals surface area contributed by atoms with Crippen molar-refractivity contribution >= 4 is 0 Å². The molecule has 0 aromatic rings. The summed E-state index contributed by atoms with van der Waals surface area (Å²) in [5, 5.41) is 0. The van der Waals surface area contributed by atoms with Crippen LogP contribution in [0.1, 0.15) is 13.3 Å². The second kappa shape index (κ2) is 2.96. The minimum absolute atomic E-state index is 0.00139. The van der Waals surface area contributed by atoms with Crippen molar-refractivity contribution in [3.8, 4) is 0 Å². The molecule has 1 rings (SSSR count). The fourth-order valence-electron chi connectivity index (χ4n) is 0.965. The number of rotatable bonds is 5. The van der Waals surface area contributed by atoms with Crippen molar-refractivity contribution in [1.82, 2.24) is 0 Å². The Hall–Kier alpha value is -0.960. The van der Waals surface area contributed by atoms with E-state index in [9.17, 15) is 0 Å². The Balaban J connectivity index is 2.47. The molecular weight excluding hydrogens is 144 g/mol. The van der Waals surface area contributed by atoms with Gasteiger partial charge in [0.15, 0.2) is 6.10 Å². The summed E-state index contributed by atoms with van der Waals surface area (Å²) in [4.78, 5) is 0. The predicted molar refractivity (Wildman–Crippen MR) is 40.5 cm³/mol. The molecule has 0 radical (unpaired) electrons. The zero-order valence-electron chi connectivity index (χ0n) is 6.58. The molecule has 0 bridgehead atoms. The molecule has 1 aliphatic heterocycles. The van der Waals surface area contributed by atoms with Crippen LogP contribution in [0.3, 0.4) is 0 Å². The van der Waals surface area contributed by atoms with Crippen LogP contribution in [-0.4, -0.2) is 12.1 Å². The normalized spacial score (nSPS) is 25.4. The first-order valence-corrected chi connectivity index (χ1v) is 3.54. The molecule has 62 valence electrons. The minimum Gasteiger partial charge on any atom is -0.437 e. The third kappa shape index (κ3) is 1.38. The van der Waals surface area contributed by atoms with Gasteiger partial charge in [-0.15, -0.1) is 0 Å². The molecule has 0 aromatic carbocycles. The number of hydrogen-bond acceptors (Lipinski definition) is 3. The molecule has 0 spiro atoms. The molecule has 3 nitrogen and oxygen atoms in total. The van der Waals surface area contributed by atoms with Gasteiger partial charge in [0.25, 0.3) is 0 Å². The van der Waals surface area contributed by atoms with Crippen molar-refractivity contribution < 1.29 is 14.2 Å². The molecule has 1 heterocycles. The SMILES string of the molecule is C=COC1(OC=C)OC1CC. The molecule has 3 heteroatoms. The smallest absolute Gasteiger partial charge is 0.399 e. The average molecular weight is 156 g/mol. The van der Waals surface area contributed by atoms with Gasteiger partial charge in [-0.3, -0.25) is 4.74 Å². The average Bonchev–Trinajstić information content (AvgIpc) is 2.65. The van der Waals surface area contributed by atoms with Crippen LogP contribution in [0.2, 0.25) is 0 Å². The van der Waals surface area contributed by atoms with E-state index in [4.69, 9.17) is 14.2 Å². The lowest BCUT2D eigenvalue weighted by Gasteiger charge is -2.09. The zero-order chi connectivity index (χ0) is 8.32. The van der Waals surface area contributed by atoms with Crippen LogP contribution in [0.4, 0.5) is 0 Å². The Morgan fingerprint density at radius 2 is 2.00 bits per heavy atom. The third-order valence-electron chi connectivity index (χ3n) is 1.51. The topological polar surface area (TPSA) is 31.0 Å². The van der Waals surface area contributed by atoms with Crippen LogP contribution < -0.4 is 0 Å². The van der Waals surface area contributed by atoms with Gasteiger partial charge in [-0.1, -0.05) is 20.1 Å².